The summed E-state index contributed by atoms with van der Waals surface area (Å²) in [7, 11) is -7.55. The van der Waals surface area contributed by atoms with Gasteiger partial charge in [0.05, 0.1) is 29.4 Å². The molecule has 0 fully saturated rings. The van der Waals surface area contributed by atoms with E-state index in [9.17, 15) is 52.8 Å². The molecule has 0 saturated carbocycles. The van der Waals surface area contributed by atoms with E-state index in [0.29, 0.717) is 49.8 Å². The molecule has 6 aromatic carbocycles. The molecule has 440 valence electrons. The van der Waals surface area contributed by atoms with E-state index in [0.717, 1.165) is 85.7 Å². The van der Waals surface area contributed by atoms with Crippen molar-refractivity contribution in [2.24, 2.45) is 0 Å². The Kier molecular flexibility index (Phi) is 19.3. The molecule has 2 unspecified atom stereocenters. The fourth-order valence-electron chi connectivity index (χ4n) is 10.4. The van der Waals surface area contributed by atoms with E-state index in [4.69, 9.17) is 4.74 Å². The average Bonchev–Trinajstić information content (AvgIpc) is 3.48. The van der Waals surface area contributed by atoms with Gasteiger partial charge in [-0.15, -0.1) is 0 Å². The molecule has 2 aliphatic rings. The van der Waals surface area contributed by atoms with Crippen molar-refractivity contribution in [3.8, 4) is 11.4 Å². The molecule has 84 heavy (non-hydrogen) atoms. The standard InChI is InChI=1S/C29H26F3N3O2S.C20H15F3N2O.C14H21NO4S/c1-19(21-7-3-2-4-8-21)34-38(36,37)15-14-27-25-12-10-22(16-20-6-5-9-23(30)17-20)29(25)35(33-27)28-13-11-24(31)18-26(28)32;21-14-3-1-2-12(9-14)8-13-4-6-16-18(11-26)24-25(20(13)16)19-7-5-15(22)10-17(19)23;1-11(12-9-7-6-8-10-12)15(20(5,17)18)13(16)19-14(2,3)4/h2-9,11,13-15,17-19,22,34H,10,12,16H2,1H3;1-3,5,7,9-11,13H,4,6,8H2;6-11H,1-5H3/b15-14+;;/t19-,22?;;11-/m1.1/s1. The average molecular weight is 1190 g/mol. The lowest BCUT2D eigenvalue weighted by atomic mass is 9.97. The molecule has 2 aromatic heterocycles. The number of ether oxygens (including phenoxy) is 1. The number of carbonyl (C=O) groups excluding carboxylic acids is 2. The van der Waals surface area contributed by atoms with Crippen LogP contribution in [0.25, 0.3) is 17.5 Å². The van der Waals surface area contributed by atoms with Crippen LogP contribution in [0.5, 0.6) is 0 Å². The predicted octanol–water partition coefficient (Wildman–Crippen LogP) is 13.5. The van der Waals surface area contributed by atoms with Crippen molar-refractivity contribution in [1.82, 2.24) is 28.6 Å². The lowest BCUT2D eigenvalue weighted by molar-refractivity contribution is 0.0347. The number of sulfonamides is 2. The third kappa shape index (κ3) is 15.3. The van der Waals surface area contributed by atoms with Crippen molar-refractivity contribution < 1.29 is 57.5 Å². The van der Waals surface area contributed by atoms with E-state index >= 15 is 0 Å². The summed E-state index contributed by atoms with van der Waals surface area (Å²) in [5.41, 5.74) is 6.24. The number of fused-ring (bicyclic) bond motifs is 2. The summed E-state index contributed by atoms with van der Waals surface area (Å²) in [4.78, 5) is 23.5. The quantitative estimate of drug-likeness (QED) is 0.0777. The van der Waals surface area contributed by atoms with Gasteiger partial charge in [0.25, 0.3) is 0 Å². The molecule has 0 spiro atoms. The second kappa shape index (κ2) is 26.2. The maximum atomic E-state index is 14.8. The molecular formula is C63H62F6N6O7S2. The van der Waals surface area contributed by atoms with Crippen LogP contribution < -0.4 is 4.72 Å². The molecule has 0 saturated heterocycles. The summed E-state index contributed by atoms with van der Waals surface area (Å²) in [6.07, 6.45) is 5.93. The number of benzene rings is 6. The zero-order valence-corrected chi connectivity index (χ0v) is 48.5. The highest BCUT2D eigenvalue weighted by molar-refractivity contribution is 7.92. The predicted molar refractivity (Wildman–Crippen MR) is 308 cm³/mol. The van der Waals surface area contributed by atoms with E-state index in [1.54, 1.807) is 71.0 Å². The van der Waals surface area contributed by atoms with E-state index in [2.05, 4.69) is 14.9 Å². The first-order chi connectivity index (χ1) is 39.8. The molecule has 1 amide bonds. The van der Waals surface area contributed by atoms with Gasteiger partial charge in [0.15, 0.2) is 17.9 Å². The fourth-order valence-corrected chi connectivity index (χ4v) is 12.4. The van der Waals surface area contributed by atoms with Crippen LogP contribution in [-0.4, -0.2) is 64.9 Å². The van der Waals surface area contributed by atoms with Gasteiger partial charge in [0, 0.05) is 46.5 Å². The smallest absolute Gasteiger partial charge is 0.424 e. The fraction of sp³-hybridized carbons (Fsp3) is 0.270. The van der Waals surface area contributed by atoms with Gasteiger partial charge in [0.2, 0.25) is 20.0 Å². The third-order valence-electron chi connectivity index (χ3n) is 14.1. The molecule has 21 heteroatoms. The van der Waals surface area contributed by atoms with Crippen molar-refractivity contribution in [3.63, 3.8) is 0 Å². The number of aromatic nitrogens is 4. The summed E-state index contributed by atoms with van der Waals surface area (Å²) in [5, 5.41) is 9.83. The highest BCUT2D eigenvalue weighted by Gasteiger charge is 2.36. The molecule has 0 aliphatic heterocycles. The van der Waals surface area contributed by atoms with E-state index in [-0.39, 0.29) is 40.5 Å². The Balaban J connectivity index is 0.000000174. The van der Waals surface area contributed by atoms with Crippen LogP contribution in [-0.2, 0) is 50.5 Å². The number of nitrogens with zero attached hydrogens (tertiary/aromatic N) is 5. The number of nitrogens with one attached hydrogen (secondary N) is 1. The lowest BCUT2D eigenvalue weighted by Gasteiger charge is -2.30. The van der Waals surface area contributed by atoms with Crippen molar-refractivity contribution >= 4 is 38.5 Å². The Morgan fingerprint density at radius 1 is 0.643 bits per heavy atom. The van der Waals surface area contributed by atoms with Crippen LogP contribution >= 0.6 is 0 Å². The SMILES string of the molecule is C[C@@H](NS(=O)(=O)/C=C/c1nn(-c2ccc(F)cc2F)c2c1CCC2Cc1cccc(F)c1)c1ccccc1.C[C@H](c1ccccc1)N(C(=O)OC(C)(C)C)S(C)(=O)=O.O=Cc1nn(-c2ccc(F)cc2F)c2c1CCC2Cc1cccc(F)c1. The summed E-state index contributed by atoms with van der Waals surface area (Å²) < 4.78 is 144. The Morgan fingerprint density at radius 2 is 1.10 bits per heavy atom. The van der Waals surface area contributed by atoms with Crippen LogP contribution in [0.3, 0.4) is 0 Å². The monoisotopic (exact) mass is 1190 g/mol. The lowest BCUT2D eigenvalue weighted by Crippen LogP contribution is -2.41. The minimum absolute atomic E-state index is 0.0301. The van der Waals surface area contributed by atoms with E-state index in [1.165, 1.54) is 51.8 Å². The van der Waals surface area contributed by atoms with Gasteiger partial charge in [0.1, 0.15) is 45.9 Å². The normalized spacial score (nSPS) is 15.5. The first-order valence-electron chi connectivity index (χ1n) is 26.9. The summed E-state index contributed by atoms with van der Waals surface area (Å²) >= 11 is 0. The van der Waals surface area contributed by atoms with Crippen LogP contribution in [0.1, 0.15) is 132 Å². The second-order valence-corrected chi connectivity index (χ2v) is 25.0. The molecular weight excluding hydrogens is 1130 g/mol. The van der Waals surface area contributed by atoms with Crippen LogP contribution in [0.4, 0.5) is 31.1 Å². The van der Waals surface area contributed by atoms with Gasteiger partial charge in [-0.25, -0.2) is 62.1 Å². The number of carbonyl (C=O) groups is 2. The van der Waals surface area contributed by atoms with Gasteiger partial charge < -0.3 is 4.74 Å². The Bertz CT molecular complexity index is 3930. The Hall–Kier alpha value is -8.14. The molecule has 10 rings (SSSR count). The number of hydrogen-bond donors (Lipinski definition) is 1. The van der Waals surface area contributed by atoms with Crippen molar-refractivity contribution in [2.75, 3.05) is 6.26 Å². The zero-order valence-electron chi connectivity index (χ0n) is 46.8. The second-order valence-electron chi connectivity index (χ2n) is 21.5. The van der Waals surface area contributed by atoms with Crippen LogP contribution in [0.15, 0.2) is 151 Å². The van der Waals surface area contributed by atoms with E-state index < -0.39 is 67.1 Å². The first-order valence-corrected chi connectivity index (χ1v) is 30.3. The van der Waals surface area contributed by atoms with Gasteiger partial charge in [-0.2, -0.15) is 14.5 Å². The van der Waals surface area contributed by atoms with Crippen LogP contribution in [0.2, 0.25) is 0 Å². The maximum Gasteiger partial charge on any atom is 0.424 e. The summed E-state index contributed by atoms with van der Waals surface area (Å²) in [6.45, 7) is 8.48. The van der Waals surface area contributed by atoms with Crippen molar-refractivity contribution in [2.45, 2.75) is 103 Å². The zero-order chi connectivity index (χ0) is 60.7. The number of rotatable bonds is 15. The molecule has 4 atom stereocenters. The van der Waals surface area contributed by atoms with Crippen molar-refractivity contribution in [3.05, 3.63) is 242 Å². The molecule has 0 bridgehead atoms. The molecule has 2 aliphatic carbocycles. The topological polar surface area (TPSA) is 163 Å². The molecule has 1 N–H and O–H groups in total. The highest BCUT2D eigenvalue weighted by Crippen LogP contribution is 2.41. The number of halogens is 6. The Morgan fingerprint density at radius 3 is 1.54 bits per heavy atom. The molecule has 0 radical (unpaired) electrons. The number of amides is 1. The first kappa shape index (κ1) is 61.9. The van der Waals surface area contributed by atoms with Gasteiger partial charge in [-0.1, -0.05) is 84.9 Å². The molecule has 13 nitrogen and oxygen atoms in total. The minimum Gasteiger partial charge on any atom is -0.443 e. The maximum absolute atomic E-state index is 14.8. The van der Waals surface area contributed by atoms with E-state index in [1.807, 2.05) is 48.5 Å². The Labute approximate surface area is 484 Å². The molecule has 8 aromatic rings. The van der Waals surface area contributed by atoms with Crippen LogP contribution in [0, 0.1) is 34.9 Å². The van der Waals surface area contributed by atoms with Crippen molar-refractivity contribution in [1.29, 1.82) is 0 Å². The van der Waals surface area contributed by atoms with Gasteiger partial charge in [-0.3, -0.25) is 4.79 Å². The highest BCUT2D eigenvalue weighted by atomic mass is 32.2. The van der Waals surface area contributed by atoms with Gasteiger partial charge >= 0.3 is 6.09 Å². The number of aldehydes is 1. The summed E-state index contributed by atoms with van der Waals surface area (Å²) in [6, 6.07) is 36.2. The van der Waals surface area contributed by atoms with Gasteiger partial charge in [-0.05, 0) is 150 Å². The number of hydrogen-bond acceptors (Lipinski definition) is 9. The third-order valence-corrected chi connectivity index (χ3v) is 16.5. The largest absolute Gasteiger partial charge is 0.443 e. The minimum atomic E-state index is -3.83. The summed E-state index contributed by atoms with van der Waals surface area (Å²) in [5.74, 6) is -3.72. The molecule has 2 heterocycles.